The highest BCUT2D eigenvalue weighted by molar-refractivity contribution is 5.85. The first kappa shape index (κ1) is 19.2. The number of hydrogen-bond donors (Lipinski definition) is 2. The van der Waals surface area contributed by atoms with E-state index in [4.69, 9.17) is 5.73 Å². The quantitative estimate of drug-likeness (QED) is 0.667. The van der Waals surface area contributed by atoms with Crippen molar-refractivity contribution in [1.82, 2.24) is 24.7 Å². The first-order valence-electron chi connectivity index (χ1n) is 8.64. The molecule has 1 aliphatic rings. The van der Waals surface area contributed by atoms with Crippen LogP contribution in [0.1, 0.15) is 36.4 Å². The second-order valence-electron chi connectivity index (χ2n) is 6.52. The molecule has 0 radical (unpaired) electrons. The summed E-state index contributed by atoms with van der Waals surface area (Å²) in [5.74, 6) is 0.852. The summed E-state index contributed by atoms with van der Waals surface area (Å²) in [5.41, 5.74) is 8.52. The van der Waals surface area contributed by atoms with E-state index in [0.717, 1.165) is 36.8 Å². The predicted molar refractivity (Wildman–Crippen MR) is 103 cm³/mol. The van der Waals surface area contributed by atoms with Crippen molar-refractivity contribution in [2.45, 2.75) is 31.7 Å². The fraction of sp³-hybridized carbons (Fsp3) is 0.333. The lowest BCUT2D eigenvalue weighted by Gasteiger charge is -2.14. The highest BCUT2D eigenvalue weighted by atomic mass is 35.5. The number of nitrogens with one attached hydrogen (secondary N) is 1. The molecule has 0 unspecified atom stereocenters. The number of nitrogens with zero attached hydrogens (tertiary/aromatic N) is 5. The van der Waals surface area contributed by atoms with Crippen molar-refractivity contribution < 1.29 is 4.39 Å². The molecule has 0 saturated heterocycles. The van der Waals surface area contributed by atoms with Gasteiger partial charge in [-0.25, -0.2) is 14.4 Å². The van der Waals surface area contributed by atoms with E-state index >= 15 is 0 Å². The van der Waals surface area contributed by atoms with E-state index in [2.05, 4.69) is 25.4 Å². The van der Waals surface area contributed by atoms with Crippen LogP contribution in [0.2, 0.25) is 0 Å². The van der Waals surface area contributed by atoms with Crippen molar-refractivity contribution in [3.63, 3.8) is 0 Å². The average Bonchev–Trinajstić information content (AvgIpc) is 2.95. The van der Waals surface area contributed by atoms with Gasteiger partial charge >= 0.3 is 0 Å². The van der Waals surface area contributed by atoms with Gasteiger partial charge in [0.05, 0.1) is 5.56 Å². The van der Waals surface area contributed by atoms with Gasteiger partial charge in [-0.1, -0.05) is 6.42 Å². The molecule has 142 valence electrons. The molecule has 1 aliphatic carbocycles. The van der Waals surface area contributed by atoms with Crippen LogP contribution in [0, 0.1) is 5.82 Å². The maximum absolute atomic E-state index is 14.7. The molecule has 9 heteroatoms. The SMILES string of the molecule is Cl.Cn1ccc(Nc2ncnc(-c3cc4c(cc3F)[C@H](N)CCCC4)n2)n1. The van der Waals surface area contributed by atoms with Crippen LogP contribution in [0.25, 0.3) is 11.4 Å². The number of hydrogen-bond acceptors (Lipinski definition) is 6. The molecule has 27 heavy (non-hydrogen) atoms. The van der Waals surface area contributed by atoms with Gasteiger partial charge in [-0.2, -0.15) is 10.1 Å². The Hall–Kier alpha value is -2.58. The molecule has 3 aromatic rings. The number of rotatable bonds is 3. The Kier molecular flexibility index (Phi) is 5.67. The maximum atomic E-state index is 14.7. The van der Waals surface area contributed by atoms with Crippen molar-refractivity contribution in [3.05, 3.63) is 47.7 Å². The zero-order valence-electron chi connectivity index (χ0n) is 14.9. The van der Waals surface area contributed by atoms with E-state index < -0.39 is 0 Å². The second-order valence-corrected chi connectivity index (χ2v) is 6.52. The molecular formula is C18H21ClFN7. The van der Waals surface area contributed by atoms with E-state index in [1.54, 1.807) is 16.9 Å². The van der Waals surface area contributed by atoms with Gasteiger partial charge in [0.25, 0.3) is 0 Å². The summed E-state index contributed by atoms with van der Waals surface area (Å²) in [7, 11) is 1.82. The van der Waals surface area contributed by atoms with Crippen LogP contribution in [0.5, 0.6) is 0 Å². The van der Waals surface area contributed by atoms with Gasteiger partial charge in [-0.05, 0) is 42.5 Å². The van der Waals surface area contributed by atoms with E-state index in [0.29, 0.717) is 17.3 Å². The third-order valence-corrected chi connectivity index (χ3v) is 4.61. The Morgan fingerprint density at radius 1 is 1.26 bits per heavy atom. The zero-order valence-corrected chi connectivity index (χ0v) is 15.7. The third-order valence-electron chi connectivity index (χ3n) is 4.61. The van der Waals surface area contributed by atoms with Gasteiger partial charge in [0.2, 0.25) is 5.95 Å². The standard InChI is InChI=1S/C18H20FN7.ClH/c1-26-7-6-16(25-26)23-18-22-10-21-17(24-18)13-8-11-4-2-3-5-15(20)12(11)9-14(13)19;/h6-10,15H,2-5,20H2,1H3,(H,21,22,23,24,25);1H/t15-;/m1./s1. The summed E-state index contributed by atoms with van der Waals surface area (Å²) in [6, 6.07) is 5.05. The first-order chi connectivity index (χ1) is 12.6. The number of fused-ring (bicyclic) bond motifs is 1. The van der Waals surface area contributed by atoms with Crippen LogP contribution in [0.3, 0.4) is 0 Å². The zero-order chi connectivity index (χ0) is 18.1. The second kappa shape index (κ2) is 7.98. The Morgan fingerprint density at radius 3 is 2.89 bits per heavy atom. The summed E-state index contributed by atoms with van der Waals surface area (Å²) in [5, 5.41) is 7.22. The minimum Gasteiger partial charge on any atom is -0.324 e. The van der Waals surface area contributed by atoms with Crippen LogP contribution < -0.4 is 11.1 Å². The molecule has 1 atom stereocenters. The lowest BCUT2D eigenvalue weighted by atomic mass is 9.96. The van der Waals surface area contributed by atoms with Crippen LogP contribution in [-0.4, -0.2) is 24.7 Å². The Bertz CT molecular complexity index is 943. The summed E-state index contributed by atoms with van der Waals surface area (Å²) in [4.78, 5) is 12.6. The first-order valence-corrected chi connectivity index (χ1v) is 8.64. The van der Waals surface area contributed by atoms with Crippen molar-refractivity contribution >= 4 is 24.2 Å². The van der Waals surface area contributed by atoms with Gasteiger partial charge in [-0.15, -0.1) is 12.4 Å². The molecule has 1 aromatic carbocycles. The van der Waals surface area contributed by atoms with Gasteiger partial charge < -0.3 is 11.1 Å². The predicted octanol–water partition coefficient (Wildman–Crippen LogP) is 3.30. The van der Waals surface area contributed by atoms with Gasteiger partial charge in [0.15, 0.2) is 11.6 Å². The summed E-state index contributed by atoms with van der Waals surface area (Å²) >= 11 is 0. The minimum absolute atomic E-state index is 0. The highest BCUT2D eigenvalue weighted by Gasteiger charge is 2.20. The number of aromatic nitrogens is 5. The molecule has 0 amide bonds. The number of aryl methyl sites for hydroxylation is 2. The molecule has 0 aliphatic heterocycles. The fourth-order valence-electron chi connectivity index (χ4n) is 3.28. The topological polar surface area (TPSA) is 94.5 Å². The molecule has 3 N–H and O–H groups in total. The number of anilines is 2. The molecule has 0 spiro atoms. The van der Waals surface area contributed by atoms with Crippen molar-refractivity contribution in [3.8, 4) is 11.4 Å². The van der Waals surface area contributed by atoms with Crippen molar-refractivity contribution in [1.29, 1.82) is 0 Å². The monoisotopic (exact) mass is 389 g/mol. The molecule has 7 nitrogen and oxygen atoms in total. The van der Waals surface area contributed by atoms with Crippen LogP contribution >= 0.6 is 12.4 Å². The molecule has 2 aromatic heterocycles. The lowest BCUT2D eigenvalue weighted by molar-refractivity contribution is 0.601. The van der Waals surface area contributed by atoms with E-state index in [1.165, 1.54) is 12.4 Å². The summed E-state index contributed by atoms with van der Waals surface area (Å²) in [6.07, 6.45) is 7.05. The fourth-order valence-corrected chi connectivity index (χ4v) is 3.28. The van der Waals surface area contributed by atoms with Crippen LogP contribution in [0.4, 0.5) is 16.2 Å². The Labute approximate surface area is 162 Å². The van der Waals surface area contributed by atoms with Gasteiger partial charge in [0, 0.05) is 25.4 Å². The van der Waals surface area contributed by atoms with E-state index in [-0.39, 0.29) is 30.1 Å². The Balaban J connectivity index is 0.00000210. The molecular weight excluding hydrogens is 369 g/mol. The highest BCUT2D eigenvalue weighted by Crippen LogP contribution is 2.32. The smallest absolute Gasteiger partial charge is 0.231 e. The minimum atomic E-state index is -0.365. The largest absolute Gasteiger partial charge is 0.324 e. The molecule has 4 rings (SSSR count). The molecule has 0 bridgehead atoms. The van der Waals surface area contributed by atoms with E-state index in [9.17, 15) is 4.39 Å². The summed E-state index contributed by atoms with van der Waals surface area (Å²) in [6.45, 7) is 0. The van der Waals surface area contributed by atoms with Gasteiger partial charge in [-0.3, -0.25) is 4.68 Å². The van der Waals surface area contributed by atoms with E-state index in [1.807, 2.05) is 13.1 Å². The third kappa shape index (κ3) is 4.06. The van der Waals surface area contributed by atoms with Crippen LogP contribution in [0.15, 0.2) is 30.7 Å². The van der Waals surface area contributed by atoms with Gasteiger partial charge in [0.1, 0.15) is 12.1 Å². The van der Waals surface area contributed by atoms with Crippen molar-refractivity contribution in [2.75, 3.05) is 5.32 Å². The molecule has 0 saturated carbocycles. The Morgan fingerprint density at radius 2 is 2.11 bits per heavy atom. The number of halogens is 2. The van der Waals surface area contributed by atoms with Crippen LogP contribution in [-0.2, 0) is 13.5 Å². The van der Waals surface area contributed by atoms with Crippen molar-refractivity contribution in [2.24, 2.45) is 12.8 Å². The molecule has 2 heterocycles. The summed E-state index contributed by atoms with van der Waals surface area (Å²) < 4.78 is 16.4. The number of nitrogens with two attached hydrogens (primary N) is 1. The normalized spacial score (nSPS) is 16.2. The maximum Gasteiger partial charge on any atom is 0.231 e. The average molecular weight is 390 g/mol. The molecule has 0 fully saturated rings. The number of benzene rings is 1. The lowest BCUT2D eigenvalue weighted by Crippen LogP contribution is -2.11.